The summed E-state index contributed by atoms with van der Waals surface area (Å²) >= 11 is 0. The molecule has 2 aliphatic rings. The van der Waals surface area contributed by atoms with E-state index in [2.05, 4.69) is 21.4 Å². The van der Waals surface area contributed by atoms with Crippen LogP contribution in [0.2, 0.25) is 0 Å². The molecule has 0 radical (unpaired) electrons. The molecule has 0 bridgehead atoms. The highest BCUT2D eigenvalue weighted by Crippen LogP contribution is 2.48. The molecule has 10 heteroatoms. The Balaban J connectivity index is 1.62. The van der Waals surface area contributed by atoms with Gasteiger partial charge in [-0.15, -0.1) is 0 Å². The van der Waals surface area contributed by atoms with Crippen molar-refractivity contribution in [3.05, 3.63) is 63.1 Å². The van der Waals surface area contributed by atoms with Gasteiger partial charge >= 0.3 is 0 Å². The average Bonchev–Trinajstić information content (AvgIpc) is 3.58. The van der Waals surface area contributed by atoms with E-state index < -0.39 is 29.3 Å². The van der Waals surface area contributed by atoms with Crippen LogP contribution in [0.4, 0.5) is 19.0 Å². The highest BCUT2D eigenvalue weighted by Gasteiger charge is 2.48. The second kappa shape index (κ2) is 8.64. The van der Waals surface area contributed by atoms with Crippen molar-refractivity contribution in [2.24, 2.45) is 5.92 Å². The molecule has 182 valence electrons. The summed E-state index contributed by atoms with van der Waals surface area (Å²) in [6, 6.07) is 7.27. The molecule has 1 atom stereocenters. The largest absolute Gasteiger partial charge is 0.381 e. The number of aryl methyl sites for hydroxylation is 1. The average molecular weight is 483 g/mol. The van der Waals surface area contributed by atoms with Crippen molar-refractivity contribution in [3.8, 4) is 6.07 Å². The van der Waals surface area contributed by atoms with Gasteiger partial charge in [0, 0.05) is 23.7 Å². The lowest BCUT2D eigenvalue weighted by Crippen LogP contribution is -2.37. The number of rotatable bonds is 7. The van der Waals surface area contributed by atoms with Crippen molar-refractivity contribution >= 4 is 16.7 Å². The first-order valence-electron chi connectivity index (χ1n) is 11.5. The number of anilines is 1. The molecular weight excluding hydrogens is 459 g/mol. The van der Waals surface area contributed by atoms with Gasteiger partial charge < -0.3 is 14.6 Å². The van der Waals surface area contributed by atoms with Crippen molar-refractivity contribution in [3.63, 3.8) is 0 Å². The first kappa shape index (κ1) is 23.3. The molecule has 1 aliphatic carbocycles. The molecule has 2 fully saturated rings. The first-order chi connectivity index (χ1) is 16.7. The Hall–Kier alpha value is -3.45. The first-order valence-corrected chi connectivity index (χ1v) is 11.5. The normalized spacial score (nSPS) is 17.7. The van der Waals surface area contributed by atoms with Gasteiger partial charge in [-0.2, -0.15) is 5.26 Å². The van der Waals surface area contributed by atoms with E-state index >= 15 is 0 Å². The number of fused-ring (bicyclic) bond motifs is 1. The molecule has 1 aliphatic heterocycles. The molecule has 3 heterocycles. The van der Waals surface area contributed by atoms with Crippen LogP contribution in [0.5, 0.6) is 0 Å². The maximum Gasteiger partial charge on any atom is 0.277 e. The number of ether oxygens (including phenoxy) is 1. The Bertz CT molecular complexity index is 1410. The highest BCUT2D eigenvalue weighted by atomic mass is 19.3. The van der Waals surface area contributed by atoms with Crippen LogP contribution in [0.25, 0.3) is 10.9 Å². The molecule has 35 heavy (non-hydrogen) atoms. The quantitative estimate of drug-likeness (QED) is 0.530. The van der Waals surface area contributed by atoms with Crippen LogP contribution < -0.4 is 10.9 Å². The van der Waals surface area contributed by atoms with Gasteiger partial charge in [-0.25, -0.2) is 23.1 Å². The van der Waals surface area contributed by atoms with Gasteiger partial charge in [0.2, 0.25) is 0 Å². The highest BCUT2D eigenvalue weighted by molar-refractivity contribution is 5.89. The predicted octanol–water partition coefficient (Wildman–Crippen LogP) is 4.55. The van der Waals surface area contributed by atoms with Crippen LogP contribution in [0.1, 0.15) is 54.9 Å². The van der Waals surface area contributed by atoms with Gasteiger partial charge in [0.1, 0.15) is 23.0 Å². The zero-order valence-electron chi connectivity index (χ0n) is 19.3. The third kappa shape index (κ3) is 4.04. The van der Waals surface area contributed by atoms with E-state index in [0.717, 1.165) is 6.07 Å². The lowest BCUT2D eigenvalue weighted by Gasteiger charge is -2.28. The SMILES string of the molecule is Cc1nc(N[C@H](C)c2cccc(C(F)F)c2F)c2cc(C3(C#N)CC3)n(CC3COC3)c(=O)c2n1. The summed E-state index contributed by atoms with van der Waals surface area (Å²) in [5.41, 5.74) is -0.886. The lowest BCUT2D eigenvalue weighted by molar-refractivity contribution is -0.0401. The van der Waals surface area contributed by atoms with Crippen LogP contribution in [0, 0.1) is 30.0 Å². The summed E-state index contributed by atoms with van der Waals surface area (Å²) in [6.45, 7) is 4.82. The van der Waals surface area contributed by atoms with E-state index in [0.29, 0.717) is 49.5 Å². The number of alkyl halides is 2. The number of hydrogen-bond donors (Lipinski definition) is 1. The number of nitrogens with zero attached hydrogens (tertiary/aromatic N) is 4. The zero-order chi connectivity index (χ0) is 24.9. The minimum atomic E-state index is -2.94. The van der Waals surface area contributed by atoms with Gasteiger partial charge in [0.15, 0.2) is 0 Å². The van der Waals surface area contributed by atoms with Crippen LogP contribution in [0.15, 0.2) is 29.1 Å². The van der Waals surface area contributed by atoms with Gasteiger partial charge in [-0.05, 0) is 32.8 Å². The van der Waals surface area contributed by atoms with Crippen LogP contribution >= 0.6 is 0 Å². The Morgan fingerprint density at radius 3 is 2.60 bits per heavy atom. The summed E-state index contributed by atoms with van der Waals surface area (Å²) in [6.07, 6.45) is -1.65. The number of halogens is 3. The zero-order valence-corrected chi connectivity index (χ0v) is 19.3. The van der Waals surface area contributed by atoms with Crippen molar-refractivity contribution < 1.29 is 17.9 Å². The van der Waals surface area contributed by atoms with Gasteiger partial charge in [-0.1, -0.05) is 18.2 Å². The van der Waals surface area contributed by atoms with Crippen LogP contribution in [0.3, 0.4) is 0 Å². The molecule has 1 saturated heterocycles. The molecule has 1 aromatic carbocycles. The summed E-state index contributed by atoms with van der Waals surface area (Å²) in [5.74, 6) is -0.180. The summed E-state index contributed by atoms with van der Waals surface area (Å²) in [5, 5.41) is 13.4. The molecule has 0 amide bonds. The molecule has 5 rings (SSSR count). The number of hydrogen-bond acceptors (Lipinski definition) is 6. The number of pyridine rings is 1. The second-order valence-corrected chi connectivity index (χ2v) is 9.34. The number of nitriles is 1. The van der Waals surface area contributed by atoms with Crippen molar-refractivity contribution in [2.45, 2.75) is 51.1 Å². The Morgan fingerprint density at radius 1 is 1.29 bits per heavy atom. The fraction of sp³-hybridized carbons (Fsp3) is 0.440. The summed E-state index contributed by atoms with van der Waals surface area (Å²) < 4.78 is 48.1. The van der Waals surface area contributed by atoms with Gasteiger partial charge in [0.25, 0.3) is 12.0 Å². The number of nitrogens with one attached hydrogen (secondary N) is 1. The molecule has 1 N–H and O–H groups in total. The van der Waals surface area contributed by atoms with E-state index in [1.165, 1.54) is 12.1 Å². The smallest absolute Gasteiger partial charge is 0.277 e. The van der Waals surface area contributed by atoms with E-state index in [9.17, 15) is 23.2 Å². The Kier molecular flexibility index (Phi) is 5.75. The molecule has 2 aromatic heterocycles. The van der Waals surface area contributed by atoms with E-state index in [1.54, 1.807) is 24.5 Å². The topological polar surface area (TPSA) is 92.8 Å². The van der Waals surface area contributed by atoms with Crippen LogP contribution in [-0.4, -0.2) is 27.7 Å². The second-order valence-electron chi connectivity index (χ2n) is 9.34. The molecular formula is C25H24F3N5O2. The number of benzene rings is 1. The third-order valence-corrected chi connectivity index (χ3v) is 6.79. The van der Waals surface area contributed by atoms with Gasteiger partial charge in [-0.3, -0.25) is 4.79 Å². The number of aromatic nitrogens is 3. The summed E-state index contributed by atoms with van der Waals surface area (Å²) in [7, 11) is 0. The standard InChI is InChI=1S/C25H24F3N5O2/c1-13(16-4-3-5-17(20(16)26)22(27)28)30-23-18-8-19(25(12-29)6-7-25)33(9-15-10-35-11-15)24(34)21(18)31-14(2)32-23/h3-5,8,13,15,22H,6-7,9-11H2,1-2H3,(H,30,31,32)/t13-/m1/s1. The van der Waals surface area contributed by atoms with E-state index in [4.69, 9.17) is 4.74 Å². The fourth-order valence-electron chi connectivity index (χ4n) is 4.57. The maximum absolute atomic E-state index is 14.8. The van der Waals surface area contributed by atoms with Crippen LogP contribution in [-0.2, 0) is 16.7 Å². The Labute approximate surface area is 199 Å². The Morgan fingerprint density at radius 2 is 2.00 bits per heavy atom. The third-order valence-electron chi connectivity index (χ3n) is 6.79. The van der Waals surface area contributed by atoms with Crippen molar-refractivity contribution in [2.75, 3.05) is 18.5 Å². The molecule has 3 aromatic rings. The maximum atomic E-state index is 14.8. The fourth-order valence-corrected chi connectivity index (χ4v) is 4.57. The minimum Gasteiger partial charge on any atom is -0.381 e. The molecule has 0 spiro atoms. The lowest BCUT2D eigenvalue weighted by atomic mass is 9.99. The van der Waals surface area contributed by atoms with Crippen molar-refractivity contribution in [1.82, 2.24) is 14.5 Å². The van der Waals surface area contributed by atoms with E-state index in [-0.39, 0.29) is 28.4 Å². The molecule has 0 unspecified atom stereocenters. The van der Waals surface area contributed by atoms with Gasteiger partial charge in [0.05, 0.1) is 41.7 Å². The monoisotopic (exact) mass is 483 g/mol. The minimum absolute atomic E-state index is 0.0569. The molecule has 7 nitrogen and oxygen atoms in total. The summed E-state index contributed by atoms with van der Waals surface area (Å²) in [4.78, 5) is 22.4. The molecule has 1 saturated carbocycles. The van der Waals surface area contributed by atoms with E-state index in [1.807, 2.05) is 0 Å². The predicted molar refractivity (Wildman–Crippen MR) is 123 cm³/mol. The van der Waals surface area contributed by atoms with Crippen molar-refractivity contribution in [1.29, 1.82) is 5.26 Å².